The zero-order valence-electron chi connectivity index (χ0n) is 10.4. The maximum absolute atomic E-state index is 8.59. The van der Waals surface area contributed by atoms with Crippen LogP contribution >= 0.6 is 0 Å². The Morgan fingerprint density at radius 3 is 2.76 bits per heavy atom. The highest BCUT2D eigenvalue weighted by atomic mass is 15.0. The van der Waals surface area contributed by atoms with Crippen molar-refractivity contribution in [3.63, 3.8) is 0 Å². The molecule has 1 heterocycles. The molecular formula is C14H21N3. The Morgan fingerprint density at radius 2 is 2.06 bits per heavy atom. The van der Waals surface area contributed by atoms with Crippen molar-refractivity contribution in [2.75, 3.05) is 0 Å². The molecule has 1 aromatic heterocycles. The number of aryl methyl sites for hydroxylation is 1. The molecule has 1 atom stereocenters. The first-order valence-electron chi connectivity index (χ1n) is 6.00. The summed E-state index contributed by atoms with van der Waals surface area (Å²) in [7, 11) is 0. The lowest BCUT2D eigenvalue weighted by molar-refractivity contribution is 0.620. The highest BCUT2D eigenvalue weighted by Crippen LogP contribution is 2.15. The van der Waals surface area contributed by atoms with Crippen molar-refractivity contribution in [3.05, 3.63) is 36.5 Å². The summed E-state index contributed by atoms with van der Waals surface area (Å²) in [6, 6.07) is 11.9. The Kier molecular flexibility index (Phi) is 5.25. The fourth-order valence-electron chi connectivity index (χ4n) is 1.68. The Balaban J connectivity index is 0.000000917. The molecule has 2 aromatic rings. The number of hydrogen-bond acceptors (Lipinski definition) is 2. The molecule has 1 aromatic carbocycles. The molecule has 0 saturated heterocycles. The predicted molar refractivity (Wildman–Crippen MR) is 73.6 cm³/mol. The van der Waals surface area contributed by atoms with E-state index < -0.39 is 0 Å². The number of para-hydroxylation sites is 1. The minimum atomic E-state index is -0.369. The molecule has 0 spiro atoms. The SMILES string of the molecule is CC.N#CC(N)CCn1ccc2ccccc21.[HH]. The molecule has 0 fully saturated rings. The van der Waals surface area contributed by atoms with Gasteiger partial charge in [-0.1, -0.05) is 32.0 Å². The first-order valence-corrected chi connectivity index (χ1v) is 6.00. The number of rotatable bonds is 3. The van der Waals surface area contributed by atoms with Crippen LogP contribution in [0.2, 0.25) is 0 Å². The highest BCUT2D eigenvalue weighted by Gasteiger charge is 2.02. The molecule has 92 valence electrons. The van der Waals surface area contributed by atoms with Crippen molar-refractivity contribution in [2.45, 2.75) is 32.9 Å². The summed E-state index contributed by atoms with van der Waals surface area (Å²) < 4.78 is 2.13. The first kappa shape index (κ1) is 13.3. The molecule has 17 heavy (non-hydrogen) atoms. The Labute approximate surface area is 104 Å². The number of nitriles is 1. The van der Waals surface area contributed by atoms with Gasteiger partial charge >= 0.3 is 0 Å². The van der Waals surface area contributed by atoms with Crippen LogP contribution in [0.3, 0.4) is 0 Å². The van der Waals surface area contributed by atoms with Gasteiger partial charge in [0.15, 0.2) is 0 Å². The normalized spacial score (nSPS) is 11.4. The number of benzene rings is 1. The van der Waals surface area contributed by atoms with Crippen LogP contribution in [0, 0.1) is 11.3 Å². The van der Waals surface area contributed by atoms with Gasteiger partial charge in [-0.3, -0.25) is 0 Å². The molecule has 1 unspecified atom stereocenters. The fourth-order valence-corrected chi connectivity index (χ4v) is 1.68. The van der Waals surface area contributed by atoms with Crippen LogP contribution < -0.4 is 5.73 Å². The van der Waals surface area contributed by atoms with Gasteiger partial charge in [-0.15, -0.1) is 0 Å². The average molecular weight is 231 g/mol. The maximum Gasteiger partial charge on any atom is 0.0945 e. The van der Waals surface area contributed by atoms with Crippen molar-refractivity contribution in [3.8, 4) is 6.07 Å². The Bertz CT molecular complexity index is 499. The van der Waals surface area contributed by atoms with Gasteiger partial charge in [0.05, 0.1) is 12.1 Å². The van der Waals surface area contributed by atoms with Crippen LogP contribution in [0.15, 0.2) is 36.5 Å². The molecule has 0 bridgehead atoms. The van der Waals surface area contributed by atoms with E-state index in [-0.39, 0.29) is 7.47 Å². The second-order valence-corrected chi connectivity index (χ2v) is 3.59. The second kappa shape index (κ2) is 6.72. The third kappa shape index (κ3) is 3.33. The molecule has 0 aliphatic rings. The van der Waals surface area contributed by atoms with Gasteiger partial charge in [0.1, 0.15) is 0 Å². The van der Waals surface area contributed by atoms with E-state index in [0.29, 0.717) is 6.42 Å². The largest absolute Gasteiger partial charge is 0.347 e. The Hall–Kier alpha value is -1.79. The molecule has 3 heteroatoms. The maximum atomic E-state index is 8.59. The van der Waals surface area contributed by atoms with E-state index in [4.69, 9.17) is 11.0 Å². The van der Waals surface area contributed by atoms with Gasteiger partial charge in [0, 0.05) is 19.7 Å². The molecule has 0 radical (unpaired) electrons. The van der Waals surface area contributed by atoms with E-state index in [0.717, 1.165) is 6.54 Å². The van der Waals surface area contributed by atoms with E-state index in [9.17, 15) is 0 Å². The molecular weight excluding hydrogens is 210 g/mol. The van der Waals surface area contributed by atoms with Gasteiger partial charge in [0.25, 0.3) is 0 Å². The zero-order chi connectivity index (χ0) is 12.7. The van der Waals surface area contributed by atoms with Gasteiger partial charge in [0.2, 0.25) is 0 Å². The van der Waals surface area contributed by atoms with Crippen molar-refractivity contribution in [2.24, 2.45) is 5.73 Å². The van der Waals surface area contributed by atoms with Gasteiger partial charge in [-0.25, -0.2) is 0 Å². The summed E-state index contributed by atoms with van der Waals surface area (Å²) in [6.07, 6.45) is 2.73. The van der Waals surface area contributed by atoms with Crippen LogP contribution in [0.1, 0.15) is 21.7 Å². The Morgan fingerprint density at radius 1 is 1.35 bits per heavy atom. The summed E-state index contributed by atoms with van der Waals surface area (Å²) >= 11 is 0. The lowest BCUT2D eigenvalue weighted by Crippen LogP contribution is -2.19. The molecule has 0 amide bonds. The van der Waals surface area contributed by atoms with Gasteiger partial charge in [-0.2, -0.15) is 5.26 Å². The topological polar surface area (TPSA) is 54.7 Å². The van der Waals surface area contributed by atoms with E-state index >= 15 is 0 Å². The summed E-state index contributed by atoms with van der Waals surface area (Å²) in [5.74, 6) is 0. The molecule has 2 N–H and O–H groups in total. The first-order chi connectivity index (χ1) is 8.31. The van der Waals surface area contributed by atoms with Crippen LogP contribution in [-0.2, 0) is 6.54 Å². The summed E-state index contributed by atoms with van der Waals surface area (Å²) in [4.78, 5) is 0. The van der Waals surface area contributed by atoms with Crippen molar-refractivity contribution < 1.29 is 1.43 Å². The third-order valence-electron chi connectivity index (χ3n) is 2.53. The quantitative estimate of drug-likeness (QED) is 0.882. The molecule has 0 aliphatic heterocycles. The van der Waals surface area contributed by atoms with Crippen molar-refractivity contribution in [1.29, 1.82) is 5.26 Å². The fraction of sp³-hybridized carbons (Fsp3) is 0.357. The summed E-state index contributed by atoms with van der Waals surface area (Å²) in [5.41, 5.74) is 6.76. The second-order valence-electron chi connectivity index (χ2n) is 3.59. The van der Waals surface area contributed by atoms with Crippen LogP contribution in [0.4, 0.5) is 0 Å². The zero-order valence-corrected chi connectivity index (χ0v) is 10.4. The number of nitrogens with two attached hydrogens (primary N) is 1. The molecule has 0 saturated carbocycles. The van der Waals surface area contributed by atoms with Crippen LogP contribution in [0.5, 0.6) is 0 Å². The lowest BCUT2D eigenvalue weighted by Gasteiger charge is -2.06. The van der Waals surface area contributed by atoms with Gasteiger partial charge < -0.3 is 10.3 Å². The predicted octanol–water partition coefficient (Wildman–Crippen LogP) is 3.15. The van der Waals surface area contributed by atoms with Crippen LogP contribution in [-0.4, -0.2) is 10.6 Å². The molecule has 0 aliphatic carbocycles. The average Bonchev–Trinajstić information content (AvgIpc) is 2.81. The third-order valence-corrected chi connectivity index (χ3v) is 2.53. The molecule has 2 rings (SSSR count). The highest BCUT2D eigenvalue weighted by molar-refractivity contribution is 5.79. The molecule has 3 nitrogen and oxygen atoms in total. The van der Waals surface area contributed by atoms with E-state index in [2.05, 4.69) is 22.8 Å². The number of aromatic nitrogens is 1. The lowest BCUT2D eigenvalue weighted by atomic mass is 10.2. The number of hydrogen-bond donors (Lipinski definition) is 1. The van der Waals surface area contributed by atoms with Gasteiger partial charge in [-0.05, 0) is 23.9 Å². The standard InChI is InChI=1S/C12H13N3.C2H6.H2/c13-9-11(14)6-8-15-7-5-10-3-1-2-4-12(10)15;1-2;/h1-5,7,11H,6,8,14H2;1-2H3;1H. The number of fused-ring (bicyclic) bond motifs is 1. The number of nitrogens with zero attached hydrogens (tertiary/aromatic N) is 2. The van der Waals surface area contributed by atoms with Crippen LogP contribution in [0.25, 0.3) is 10.9 Å². The van der Waals surface area contributed by atoms with E-state index in [1.165, 1.54) is 10.9 Å². The van der Waals surface area contributed by atoms with Crippen molar-refractivity contribution >= 4 is 10.9 Å². The minimum Gasteiger partial charge on any atom is -0.347 e. The summed E-state index contributed by atoms with van der Waals surface area (Å²) in [6.45, 7) is 4.79. The van der Waals surface area contributed by atoms with E-state index in [1.807, 2.05) is 38.2 Å². The summed E-state index contributed by atoms with van der Waals surface area (Å²) in [5, 5.41) is 9.82. The van der Waals surface area contributed by atoms with Crippen molar-refractivity contribution in [1.82, 2.24) is 4.57 Å². The monoisotopic (exact) mass is 231 g/mol. The van der Waals surface area contributed by atoms with E-state index in [1.54, 1.807) is 0 Å². The smallest absolute Gasteiger partial charge is 0.0945 e. The minimum absolute atomic E-state index is 0.